The van der Waals surface area contributed by atoms with Crippen LogP contribution in [-0.4, -0.2) is 41.3 Å². The maximum absolute atomic E-state index is 12.5. The fourth-order valence-electron chi connectivity index (χ4n) is 2.43. The molecule has 0 saturated carbocycles. The van der Waals surface area contributed by atoms with Crippen LogP contribution in [0, 0.1) is 0 Å². The molecule has 1 aromatic heterocycles. The second kappa shape index (κ2) is 8.70. The van der Waals surface area contributed by atoms with Crippen LogP contribution < -0.4 is 15.8 Å². The van der Waals surface area contributed by atoms with E-state index < -0.39 is 11.9 Å². The molecule has 1 heterocycles. The van der Waals surface area contributed by atoms with E-state index in [1.807, 2.05) is 0 Å². The molecule has 3 rings (SSSR count). The van der Waals surface area contributed by atoms with Crippen LogP contribution in [-0.2, 0) is 9.53 Å². The third-order valence-electron chi connectivity index (χ3n) is 3.91. The van der Waals surface area contributed by atoms with E-state index in [0.717, 1.165) is 0 Å². The first-order valence-electron chi connectivity index (χ1n) is 8.53. The summed E-state index contributed by atoms with van der Waals surface area (Å²) >= 11 is 0. The van der Waals surface area contributed by atoms with Gasteiger partial charge in [0.1, 0.15) is 11.4 Å². The lowest BCUT2D eigenvalue weighted by Gasteiger charge is -2.09. The van der Waals surface area contributed by atoms with Gasteiger partial charge in [-0.05, 0) is 48.5 Å². The lowest BCUT2D eigenvalue weighted by molar-refractivity contribution is -0.142. The van der Waals surface area contributed by atoms with Crippen LogP contribution in [0.1, 0.15) is 20.8 Å². The van der Waals surface area contributed by atoms with Crippen molar-refractivity contribution in [1.29, 1.82) is 0 Å². The number of nitrogens with zero attached hydrogens (tertiary/aromatic N) is 2. The van der Waals surface area contributed by atoms with E-state index >= 15 is 0 Å². The minimum atomic E-state index is -0.606. The van der Waals surface area contributed by atoms with Crippen molar-refractivity contribution in [1.82, 2.24) is 9.78 Å². The Hall–Kier alpha value is -4.14. The van der Waals surface area contributed by atoms with Crippen molar-refractivity contribution in [2.45, 2.75) is 0 Å². The van der Waals surface area contributed by atoms with Gasteiger partial charge in [0.25, 0.3) is 11.8 Å². The predicted octanol–water partition coefficient (Wildman–Crippen LogP) is 1.78. The molecule has 3 aromatic rings. The van der Waals surface area contributed by atoms with E-state index in [4.69, 9.17) is 10.5 Å². The van der Waals surface area contributed by atoms with E-state index in [9.17, 15) is 14.4 Å². The van der Waals surface area contributed by atoms with Crippen LogP contribution in [0.4, 0.5) is 5.69 Å². The summed E-state index contributed by atoms with van der Waals surface area (Å²) in [5.41, 5.74) is 7.00. The van der Waals surface area contributed by atoms with Gasteiger partial charge in [-0.15, -0.1) is 0 Å². The second-order valence-corrected chi connectivity index (χ2v) is 5.90. The summed E-state index contributed by atoms with van der Waals surface area (Å²) in [6.45, 7) is -0.242. The summed E-state index contributed by atoms with van der Waals surface area (Å²) in [6, 6.07) is 14.9. The van der Waals surface area contributed by atoms with E-state index in [-0.39, 0.29) is 18.2 Å². The van der Waals surface area contributed by atoms with Gasteiger partial charge < -0.3 is 20.5 Å². The number of ether oxygens (including phenoxy) is 2. The van der Waals surface area contributed by atoms with E-state index in [2.05, 4.69) is 15.2 Å². The first-order chi connectivity index (χ1) is 14.0. The quantitative estimate of drug-likeness (QED) is 0.588. The molecule has 0 bridgehead atoms. The van der Waals surface area contributed by atoms with E-state index in [0.29, 0.717) is 22.7 Å². The first kappa shape index (κ1) is 19.6. The average Bonchev–Trinajstić information content (AvgIpc) is 3.23. The highest BCUT2D eigenvalue weighted by Crippen LogP contribution is 2.17. The Morgan fingerprint density at radius 1 is 1.10 bits per heavy atom. The highest BCUT2D eigenvalue weighted by molar-refractivity contribution is 6.04. The number of aromatic nitrogens is 2. The van der Waals surface area contributed by atoms with Gasteiger partial charge in [-0.25, -0.2) is 9.48 Å². The Kier molecular flexibility index (Phi) is 5.88. The molecule has 0 radical (unpaired) electrons. The molecule has 0 saturated heterocycles. The summed E-state index contributed by atoms with van der Waals surface area (Å²) < 4.78 is 11.3. The number of amides is 2. The number of primary amides is 1. The largest absolute Gasteiger partial charge is 0.482 e. The maximum atomic E-state index is 12.5. The SMILES string of the molecule is COC(=O)COc1cccc(C(=O)Nc2ccc(-n3ccc(C(N)=O)n3)cc2)c1. The second-order valence-electron chi connectivity index (χ2n) is 5.90. The number of hydrogen-bond acceptors (Lipinski definition) is 6. The molecule has 0 unspecified atom stereocenters. The van der Waals surface area contributed by atoms with Gasteiger partial charge in [-0.2, -0.15) is 5.10 Å². The monoisotopic (exact) mass is 394 g/mol. The van der Waals surface area contributed by atoms with Crippen LogP contribution in [0.15, 0.2) is 60.8 Å². The Morgan fingerprint density at radius 3 is 2.52 bits per heavy atom. The number of methoxy groups -OCH3 is 1. The molecule has 3 N–H and O–H groups in total. The van der Waals surface area contributed by atoms with Gasteiger partial charge in [0, 0.05) is 17.4 Å². The van der Waals surface area contributed by atoms with Crippen LogP contribution in [0.25, 0.3) is 5.69 Å². The number of carbonyl (C=O) groups excluding carboxylic acids is 3. The third-order valence-corrected chi connectivity index (χ3v) is 3.91. The van der Waals surface area contributed by atoms with E-state index in [1.54, 1.807) is 48.7 Å². The minimum absolute atomic E-state index is 0.164. The van der Waals surface area contributed by atoms with Gasteiger partial charge in [-0.3, -0.25) is 9.59 Å². The van der Waals surface area contributed by atoms with Crippen molar-refractivity contribution in [2.24, 2.45) is 5.73 Å². The van der Waals surface area contributed by atoms with Crippen LogP contribution in [0.2, 0.25) is 0 Å². The number of benzene rings is 2. The zero-order valence-corrected chi connectivity index (χ0v) is 15.5. The summed E-state index contributed by atoms with van der Waals surface area (Å²) in [5, 5.41) is 6.85. The number of carbonyl (C=O) groups is 3. The molecule has 0 fully saturated rings. The zero-order chi connectivity index (χ0) is 20.8. The molecule has 2 amide bonds. The van der Waals surface area contributed by atoms with Gasteiger partial charge >= 0.3 is 5.97 Å². The van der Waals surface area contributed by atoms with Crippen molar-refractivity contribution in [2.75, 3.05) is 19.0 Å². The molecule has 0 aliphatic heterocycles. The number of esters is 1. The normalized spacial score (nSPS) is 10.2. The van der Waals surface area contributed by atoms with Crippen molar-refractivity contribution in [3.63, 3.8) is 0 Å². The lowest BCUT2D eigenvalue weighted by atomic mass is 10.2. The highest BCUT2D eigenvalue weighted by Gasteiger charge is 2.10. The minimum Gasteiger partial charge on any atom is -0.482 e. The molecule has 0 aliphatic carbocycles. The molecule has 2 aromatic carbocycles. The molecule has 0 atom stereocenters. The summed E-state index contributed by atoms with van der Waals surface area (Å²) in [6.07, 6.45) is 1.62. The smallest absolute Gasteiger partial charge is 0.343 e. The van der Waals surface area contributed by atoms with Gasteiger partial charge in [0.15, 0.2) is 6.61 Å². The molecular formula is C20H18N4O5. The van der Waals surface area contributed by atoms with Crippen molar-refractivity contribution in [3.8, 4) is 11.4 Å². The molecule has 0 spiro atoms. The number of rotatable bonds is 7. The molecule has 0 aliphatic rings. The standard InChI is InChI=1S/C20H18N4O5/c1-28-18(25)12-29-16-4-2-3-13(11-16)20(27)22-14-5-7-15(8-6-14)24-10-9-17(23-24)19(21)26/h2-11H,12H2,1H3,(H2,21,26)(H,22,27). The van der Waals surface area contributed by atoms with Crippen LogP contribution in [0.3, 0.4) is 0 Å². The molecule has 9 nitrogen and oxygen atoms in total. The molecular weight excluding hydrogens is 376 g/mol. The maximum Gasteiger partial charge on any atom is 0.343 e. The predicted molar refractivity (Wildman–Crippen MR) is 104 cm³/mol. The Balaban J connectivity index is 1.66. The first-order valence-corrected chi connectivity index (χ1v) is 8.53. The van der Waals surface area contributed by atoms with E-state index in [1.165, 1.54) is 23.9 Å². The summed E-state index contributed by atoms with van der Waals surface area (Å²) in [4.78, 5) is 34.8. The number of nitrogens with one attached hydrogen (secondary N) is 1. The van der Waals surface area contributed by atoms with Crippen molar-refractivity contribution in [3.05, 3.63) is 72.1 Å². The molecule has 148 valence electrons. The van der Waals surface area contributed by atoms with Gasteiger partial charge in [0.05, 0.1) is 12.8 Å². The van der Waals surface area contributed by atoms with Crippen molar-refractivity contribution < 1.29 is 23.9 Å². The summed E-state index contributed by atoms with van der Waals surface area (Å²) in [5.74, 6) is -1.08. The average molecular weight is 394 g/mol. The number of nitrogens with two attached hydrogens (primary N) is 1. The Morgan fingerprint density at radius 2 is 1.86 bits per heavy atom. The molecule has 29 heavy (non-hydrogen) atoms. The fourth-order valence-corrected chi connectivity index (χ4v) is 2.43. The topological polar surface area (TPSA) is 126 Å². The highest BCUT2D eigenvalue weighted by atomic mass is 16.6. The lowest BCUT2D eigenvalue weighted by Crippen LogP contribution is -2.14. The fraction of sp³-hybridized carbons (Fsp3) is 0.100. The summed E-state index contributed by atoms with van der Waals surface area (Å²) in [7, 11) is 1.27. The number of anilines is 1. The van der Waals surface area contributed by atoms with Crippen LogP contribution >= 0.6 is 0 Å². The number of hydrogen-bond donors (Lipinski definition) is 2. The van der Waals surface area contributed by atoms with Crippen LogP contribution in [0.5, 0.6) is 5.75 Å². The van der Waals surface area contributed by atoms with Gasteiger partial charge in [0.2, 0.25) is 0 Å². The molecule has 9 heteroatoms. The third kappa shape index (κ3) is 4.98. The Labute approximate surface area is 166 Å². The van der Waals surface area contributed by atoms with Gasteiger partial charge in [-0.1, -0.05) is 6.07 Å². The van der Waals surface area contributed by atoms with Crippen molar-refractivity contribution >= 4 is 23.5 Å². The Bertz CT molecular complexity index is 1040. The zero-order valence-electron chi connectivity index (χ0n) is 15.5.